The van der Waals surface area contributed by atoms with Crippen LogP contribution in [0.25, 0.3) is 0 Å². The summed E-state index contributed by atoms with van der Waals surface area (Å²) in [5.41, 5.74) is 4.05. The molecule has 2 heterocycles. The first kappa shape index (κ1) is 26.9. The fourth-order valence-corrected chi connectivity index (χ4v) is 5.51. The Kier molecular flexibility index (Phi) is 9.00. The molecular formula is C30H36N2O4S. The van der Waals surface area contributed by atoms with Crippen molar-refractivity contribution in [1.82, 2.24) is 9.80 Å². The van der Waals surface area contributed by atoms with Gasteiger partial charge in [0.2, 0.25) is 5.91 Å². The minimum Gasteiger partial charge on any atom is -0.491 e. The van der Waals surface area contributed by atoms with Crippen molar-refractivity contribution in [1.29, 1.82) is 0 Å². The van der Waals surface area contributed by atoms with E-state index in [0.717, 1.165) is 23.3 Å². The number of hydrogen-bond donors (Lipinski definition) is 0. The largest absolute Gasteiger partial charge is 0.491 e. The third-order valence-electron chi connectivity index (χ3n) is 6.85. The van der Waals surface area contributed by atoms with Gasteiger partial charge in [-0.2, -0.15) is 0 Å². The number of fused-ring (bicyclic) bond motifs is 1. The normalized spacial score (nSPS) is 14.9. The van der Waals surface area contributed by atoms with E-state index in [1.807, 2.05) is 48.2 Å². The van der Waals surface area contributed by atoms with E-state index < -0.39 is 0 Å². The van der Waals surface area contributed by atoms with Crippen molar-refractivity contribution in [2.24, 2.45) is 0 Å². The van der Waals surface area contributed by atoms with E-state index >= 15 is 0 Å². The molecule has 2 amide bonds. The van der Waals surface area contributed by atoms with Crippen LogP contribution in [0.15, 0.2) is 60.0 Å². The van der Waals surface area contributed by atoms with Crippen LogP contribution in [0.3, 0.4) is 0 Å². The number of carbonyl (C=O) groups excluding carboxylic acids is 2. The summed E-state index contributed by atoms with van der Waals surface area (Å²) in [6.45, 7) is 7.97. The van der Waals surface area contributed by atoms with Gasteiger partial charge in [-0.3, -0.25) is 9.59 Å². The van der Waals surface area contributed by atoms with Crippen LogP contribution in [0, 0.1) is 6.92 Å². The molecule has 1 aliphatic rings. The Morgan fingerprint density at radius 2 is 1.81 bits per heavy atom. The monoisotopic (exact) mass is 520 g/mol. The summed E-state index contributed by atoms with van der Waals surface area (Å²) < 4.78 is 11.4. The van der Waals surface area contributed by atoms with Crippen molar-refractivity contribution in [3.63, 3.8) is 0 Å². The predicted octanol–water partition coefficient (Wildman–Crippen LogP) is 5.47. The van der Waals surface area contributed by atoms with Crippen molar-refractivity contribution < 1.29 is 19.1 Å². The van der Waals surface area contributed by atoms with Crippen molar-refractivity contribution in [2.75, 3.05) is 40.0 Å². The Morgan fingerprint density at radius 1 is 1.08 bits per heavy atom. The van der Waals surface area contributed by atoms with E-state index in [9.17, 15) is 9.59 Å². The van der Waals surface area contributed by atoms with Crippen LogP contribution in [0.2, 0.25) is 0 Å². The molecule has 0 spiro atoms. The Morgan fingerprint density at radius 3 is 2.49 bits per heavy atom. The van der Waals surface area contributed by atoms with Crippen molar-refractivity contribution in [2.45, 2.75) is 39.2 Å². The molecule has 1 aromatic heterocycles. The highest BCUT2D eigenvalue weighted by Gasteiger charge is 2.33. The van der Waals surface area contributed by atoms with Crippen LogP contribution in [0.5, 0.6) is 5.75 Å². The fraction of sp³-hybridized carbons (Fsp3) is 0.400. The molecule has 0 fully saturated rings. The van der Waals surface area contributed by atoms with Gasteiger partial charge in [-0.1, -0.05) is 43.7 Å². The zero-order valence-electron chi connectivity index (χ0n) is 22.1. The Balaban J connectivity index is 1.50. The predicted molar refractivity (Wildman–Crippen MR) is 147 cm³/mol. The lowest BCUT2D eigenvalue weighted by molar-refractivity contribution is -0.135. The van der Waals surface area contributed by atoms with Gasteiger partial charge in [-0.25, -0.2) is 0 Å². The highest BCUT2D eigenvalue weighted by molar-refractivity contribution is 7.10. The Labute approximate surface area is 223 Å². The van der Waals surface area contributed by atoms with Gasteiger partial charge in [0.15, 0.2) is 0 Å². The van der Waals surface area contributed by atoms with Crippen LogP contribution in [-0.2, 0) is 16.0 Å². The molecule has 196 valence electrons. The molecule has 1 atom stereocenters. The summed E-state index contributed by atoms with van der Waals surface area (Å²) in [5.74, 6) is 0.988. The number of amides is 2. The smallest absolute Gasteiger partial charge is 0.254 e. The van der Waals surface area contributed by atoms with E-state index in [4.69, 9.17) is 9.47 Å². The van der Waals surface area contributed by atoms with E-state index in [2.05, 4.69) is 37.4 Å². The van der Waals surface area contributed by atoms with Gasteiger partial charge in [-0.05, 0) is 66.1 Å². The third-order valence-corrected chi connectivity index (χ3v) is 7.84. The van der Waals surface area contributed by atoms with Crippen LogP contribution < -0.4 is 4.74 Å². The number of methoxy groups -OCH3 is 1. The second-order valence-electron chi connectivity index (χ2n) is 9.77. The molecule has 0 bridgehead atoms. The zero-order valence-corrected chi connectivity index (χ0v) is 22.9. The van der Waals surface area contributed by atoms with Gasteiger partial charge in [0.1, 0.15) is 18.9 Å². The summed E-state index contributed by atoms with van der Waals surface area (Å²) in [6, 6.07) is 17.5. The van der Waals surface area contributed by atoms with Gasteiger partial charge >= 0.3 is 0 Å². The van der Waals surface area contributed by atoms with E-state index in [0.29, 0.717) is 37.8 Å². The minimum absolute atomic E-state index is 0.00484. The summed E-state index contributed by atoms with van der Waals surface area (Å²) in [4.78, 5) is 31.7. The summed E-state index contributed by atoms with van der Waals surface area (Å²) >= 11 is 1.72. The fourth-order valence-electron chi connectivity index (χ4n) is 4.59. The van der Waals surface area contributed by atoms with E-state index in [1.165, 1.54) is 10.4 Å². The van der Waals surface area contributed by atoms with Gasteiger partial charge in [-0.15, -0.1) is 11.3 Å². The second-order valence-corrected chi connectivity index (χ2v) is 10.8. The minimum atomic E-state index is -0.203. The number of nitrogens with zero attached hydrogens (tertiary/aromatic N) is 2. The maximum Gasteiger partial charge on any atom is 0.254 e. The molecule has 6 nitrogen and oxygen atoms in total. The SMILES string of the molecule is COCCN(CC(=O)N1CCc2sccc2[C@H]1COc1ccc(C(C)C)cc1)C(=O)c1ccc(C)cc1. The lowest BCUT2D eigenvalue weighted by Crippen LogP contribution is -2.48. The lowest BCUT2D eigenvalue weighted by Gasteiger charge is -2.37. The zero-order chi connectivity index (χ0) is 26.4. The quantitative estimate of drug-likeness (QED) is 0.356. The molecular weight excluding hydrogens is 484 g/mol. The number of rotatable bonds is 10. The molecule has 3 aromatic rings. The van der Waals surface area contributed by atoms with E-state index in [-0.39, 0.29) is 24.4 Å². The van der Waals surface area contributed by atoms with Crippen molar-refractivity contribution in [3.8, 4) is 5.75 Å². The number of carbonyl (C=O) groups is 2. The molecule has 0 N–H and O–H groups in total. The summed E-state index contributed by atoms with van der Waals surface area (Å²) in [5, 5.41) is 2.08. The lowest BCUT2D eigenvalue weighted by atomic mass is 10.00. The summed E-state index contributed by atoms with van der Waals surface area (Å²) in [6.07, 6.45) is 0.808. The van der Waals surface area contributed by atoms with Crippen LogP contribution >= 0.6 is 11.3 Å². The molecule has 0 radical (unpaired) electrons. The van der Waals surface area contributed by atoms with Crippen molar-refractivity contribution >= 4 is 23.2 Å². The van der Waals surface area contributed by atoms with Gasteiger partial charge in [0, 0.05) is 30.6 Å². The van der Waals surface area contributed by atoms with E-state index in [1.54, 1.807) is 23.3 Å². The van der Waals surface area contributed by atoms with Crippen LogP contribution in [0.1, 0.15) is 57.7 Å². The number of ether oxygens (including phenoxy) is 2. The molecule has 2 aromatic carbocycles. The Bertz CT molecular complexity index is 1190. The van der Waals surface area contributed by atoms with Crippen LogP contribution in [-0.4, -0.2) is 61.6 Å². The van der Waals surface area contributed by atoms with Crippen LogP contribution in [0.4, 0.5) is 0 Å². The third kappa shape index (κ3) is 6.59. The maximum absolute atomic E-state index is 13.7. The average Bonchev–Trinajstić information content (AvgIpc) is 3.39. The first-order valence-corrected chi connectivity index (χ1v) is 13.7. The van der Waals surface area contributed by atoms with Gasteiger partial charge in [0.25, 0.3) is 5.91 Å². The first-order chi connectivity index (χ1) is 17.9. The van der Waals surface area contributed by atoms with Gasteiger partial charge in [0.05, 0.1) is 12.6 Å². The maximum atomic E-state index is 13.7. The topological polar surface area (TPSA) is 59.1 Å². The first-order valence-electron chi connectivity index (χ1n) is 12.8. The molecule has 7 heteroatoms. The number of hydrogen-bond acceptors (Lipinski definition) is 5. The Hall–Kier alpha value is -3.16. The number of aryl methyl sites for hydroxylation is 1. The molecule has 0 aliphatic carbocycles. The molecule has 0 unspecified atom stereocenters. The van der Waals surface area contributed by atoms with Gasteiger partial charge < -0.3 is 19.3 Å². The molecule has 0 saturated carbocycles. The number of benzene rings is 2. The molecule has 0 saturated heterocycles. The average molecular weight is 521 g/mol. The molecule has 37 heavy (non-hydrogen) atoms. The molecule has 4 rings (SSSR count). The van der Waals surface area contributed by atoms with Crippen molar-refractivity contribution in [3.05, 3.63) is 87.1 Å². The molecule has 1 aliphatic heterocycles. The highest BCUT2D eigenvalue weighted by Crippen LogP contribution is 2.34. The second kappa shape index (κ2) is 12.4. The standard InChI is InChI=1S/C30H36N2O4S/c1-21(2)23-9-11-25(12-10-23)36-20-27-26-14-18-37-28(26)13-15-32(27)29(33)19-31(16-17-35-4)30(34)24-7-5-22(3)6-8-24/h5-12,14,18,21,27H,13,15-17,19-20H2,1-4H3/t27-/m1/s1. The highest BCUT2D eigenvalue weighted by atomic mass is 32.1. The summed E-state index contributed by atoms with van der Waals surface area (Å²) in [7, 11) is 1.60. The number of thiophene rings is 1.